The van der Waals surface area contributed by atoms with Crippen molar-refractivity contribution in [1.82, 2.24) is 9.97 Å². The zero-order valence-electron chi connectivity index (χ0n) is 12.4. The molecule has 0 N–H and O–H groups in total. The van der Waals surface area contributed by atoms with E-state index in [2.05, 4.69) is 14.9 Å². The number of rotatable bonds is 5. The molecule has 0 radical (unpaired) electrons. The first-order valence-corrected chi connectivity index (χ1v) is 8.13. The third kappa shape index (κ3) is 3.04. The van der Waals surface area contributed by atoms with E-state index in [1.165, 1.54) is 12.8 Å². The van der Waals surface area contributed by atoms with Crippen molar-refractivity contribution in [2.75, 3.05) is 31.3 Å². The maximum Gasteiger partial charge on any atom is 0.225 e. The first kappa shape index (κ1) is 13.5. The van der Waals surface area contributed by atoms with Gasteiger partial charge in [-0.1, -0.05) is 0 Å². The molecule has 21 heavy (non-hydrogen) atoms. The van der Waals surface area contributed by atoms with Crippen molar-refractivity contribution in [1.29, 1.82) is 0 Å². The number of aromatic nitrogens is 2. The molecule has 5 nitrogen and oxygen atoms in total. The quantitative estimate of drug-likeness (QED) is 0.828. The first-order chi connectivity index (χ1) is 10.4. The van der Waals surface area contributed by atoms with E-state index in [0.29, 0.717) is 18.1 Å². The summed E-state index contributed by atoms with van der Waals surface area (Å²) in [5, 5.41) is 0. The standard InChI is InChI=1S/C16H23N3O2/c1-4-17-16(18-5-1)19-6-7-21-15-9-13(8-14(15)19)11-20-10-12-2-3-12/h1,4-5,12-15H,2-3,6-11H2/t13-,14-,15-/m0/s1. The average molecular weight is 289 g/mol. The van der Waals surface area contributed by atoms with Crippen LogP contribution < -0.4 is 4.90 Å². The molecule has 114 valence electrons. The summed E-state index contributed by atoms with van der Waals surface area (Å²) in [5.41, 5.74) is 0. The van der Waals surface area contributed by atoms with E-state index in [-0.39, 0.29) is 0 Å². The zero-order chi connectivity index (χ0) is 14.1. The lowest BCUT2D eigenvalue weighted by molar-refractivity contribution is 0.0203. The van der Waals surface area contributed by atoms with Gasteiger partial charge in [-0.3, -0.25) is 0 Å². The van der Waals surface area contributed by atoms with Crippen LogP contribution in [-0.2, 0) is 9.47 Å². The molecule has 1 aromatic rings. The number of fused-ring (bicyclic) bond motifs is 1. The summed E-state index contributed by atoms with van der Waals surface area (Å²) in [6.45, 7) is 3.50. The molecule has 0 bridgehead atoms. The highest BCUT2D eigenvalue weighted by atomic mass is 16.5. The molecule has 5 heteroatoms. The van der Waals surface area contributed by atoms with Gasteiger partial charge >= 0.3 is 0 Å². The number of morpholine rings is 1. The van der Waals surface area contributed by atoms with Gasteiger partial charge < -0.3 is 14.4 Å². The largest absolute Gasteiger partial charge is 0.381 e. The van der Waals surface area contributed by atoms with E-state index in [4.69, 9.17) is 9.47 Å². The molecule has 0 amide bonds. The zero-order valence-corrected chi connectivity index (χ0v) is 12.4. The predicted molar refractivity (Wildman–Crippen MR) is 79.2 cm³/mol. The molecule has 3 aliphatic rings. The summed E-state index contributed by atoms with van der Waals surface area (Å²) in [6, 6.07) is 2.28. The van der Waals surface area contributed by atoms with E-state index in [0.717, 1.165) is 51.1 Å². The summed E-state index contributed by atoms with van der Waals surface area (Å²) < 4.78 is 11.9. The molecule has 0 spiro atoms. The van der Waals surface area contributed by atoms with Crippen LogP contribution in [0.5, 0.6) is 0 Å². The Morgan fingerprint density at radius 2 is 1.95 bits per heavy atom. The SMILES string of the molecule is c1cnc(N2CCO[C@H]3C[C@@H](COCC4CC4)C[C@@H]32)nc1. The van der Waals surface area contributed by atoms with Crippen molar-refractivity contribution in [3.05, 3.63) is 18.5 Å². The van der Waals surface area contributed by atoms with Crippen molar-refractivity contribution in [2.24, 2.45) is 11.8 Å². The Balaban J connectivity index is 1.37. The van der Waals surface area contributed by atoms with Crippen LogP contribution >= 0.6 is 0 Å². The maximum atomic E-state index is 5.97. The molecule has 0 aromatic carbocycles. The fourth-order valence-electron chi connectivity index (χ4n) is 3.56. The Labute approximate surface area is 125 Å². The van der Waals surface area contributed by atoms with E-state index >= 15 is 0 Å². The van der Waals surface area contributed by atoms with Crippen molar-refractivity contribution in [3.63, 3.8) is 0 Å². The minimum Gasteiger partial charge on any atom is -0.381 e. The normalized spacial score (nSPS) is 32.2. The molecule has 1 aliphatic heterocycles. The minimum absolute atomic E-state index is 0.317. The number of nitrogens with zero attached hydrogens (tertiary/aromatic N) is 3. The first-order valence-electron chi connectivity index (χ1n) is 8.13. The van der Waals surface area contributed by atoms with Gasteiger partial charge in [-0.15, -0.1) is 0 Å². The molecule has 0 unspecified atom stereocenters. The van der Waals surface area contributed by atoms with Crippen molar-refractivity contribution >= 4 is 5.95 Å². The highest BCUT2D eigenvalue weighted by Crippen LogP contribution is 2.36. The molecular formula is C16H23N3O2. The van der Waals surface area contributed by atoms with Crippen LogP contribution in [0.15, 0.2) is 18.5 Å². The van der Waals surface area contributed by atoms with Crippen LogP contribution in [0.3, 0.4) is 0 Å². The number of hydrogen-bond donors (Lipinski definition) is 0. The summed E-state index contributed by atoms with van der Waals surface area (Å²) in [7, 11) is 0. The molecule has 2 heterocycles. The highest BCUT2D eigenvalue weighted by molar-refractivity contribution is 5.33. The monoisotopic (exact) mass is 289 g/mol. The molecular weight excluding hydrogens is 266 g/mol. The van der Waals surface area contributed by atoms with Crippen LogP contribution in [0.1, 0.15) is 25.7 Å². The Bertz CT molecular complexity index is 466. The number of anilines is 1. The lowest BCUT2D eigenvalue weighted by atomic mass is 10.1. The van der Waals surface area contributed by atoms with Gasteiger partial charge in [0, 0.05) is 32.2 Å². The van der Waals surface area contributed by atoms with Crippen molar-refractivity contribution in [2.45, 2.75) is 37.8 Å². The number of ether oxygens (including phenoxy) is 2. The third-order valence-corrected chi connectivity index (χ3v) is 4.85. The van der Waals surface area contributed by atoms with Crippen molar-refractivity contribution < 1.29 is 9.47 Å². The Morgan fingerprint density at radius 1 is 1.14 bits per heavy atom. The molecule has 3 fully saturated rings. The number of hydrogen-bond acceptors (Lipinski definition) is 5. The van der Waals surface area contributed by atoms with Gasteiger partial charge in [0.15, 0.2) is 0 Å². The lowest BCUT2D eigenvalue weighted by Gasteiger charge is -2.37. The highest BCUT2D eigenvalue weighted by Gasteiger charge is 2.42. The van der Waals surface area contributed by atoms with Gasteiger partial charge in [-0.05, 0) is 43.6 Å². The van der Waals surface area contributed by atoms with E-state index in [1.54, 1.807) is 0 Å². The van der Waals surface area contributed by atoms with Crippen LogP contribution in [0.25, 0.3) is 0 Å². The van der Waals surface area contributed by atoms with Crippen LogP contribution in [-0.4, -0.2) is 48.5 Å². The van der Waals surface area contributed by atoms with E-state index < -0.39 is 0 Å². The van der Waals surface area contributed by atoms with Gasteiger partial charge in [0.05, 0.1) is 18.8 Å². The third-order valence-electron chi connectivity index (χ3n) is 4.85. The summed E-state index contributed by atoms with van der Waals surface area (Å²) in [6.07, 6.45) is 8.91. The molecule has 1 aromatic heterocycles. The topological polar surface area (TPSA) is 47.5 Å². The van der Waals surface area contributed by atoms with Crippen LogP contribution in [0.4, 0.5) is 5.95 Å². The van der Waals surface area contributed by atoms with Crippen LogP contribution in [0.2, 0.25) is 0 Å². The van der Waals surface area contributed by atoms with Gasteiger partial charge in [0.25, 0.3) is 0 Å². The molecule has 4 rings (SSSR count). The van der Waals surface area contributed by atoms with Gasteiger partial charge in [-0.25, -0.2) is 9.97 Å². The molecule has 2 aliphatic carbocycles. The Kier molecular flexibility index (Phi) is 3.78. The predicted octanol–water partition coefficient (Wildman–Crippen LogP) is 1.89. The summed E-state index contributed by atoms with van der Waals surface area (Å²) in [5.74, 6) is 2.30. The molecule has 2 saturated carbocycles. The van der Waals surface area contributed by atoms with E-state index in [9.17, 15) is 0 Å². The lowest BCUT2D eigenvalue weighted by Crippen LogP contribution is -2.49. The van der Waals surface area contributed by atoms with Gasteiger partial charge in [0.2, 0.25) is 5.95 Å². The fraction of sp³-hybridized carbons (Fsp3) is 0.750. The van der Waals surface area contributed by atoms with Crippen LogP contribution in [0, 0.1) is 11.8 Å². The smallest absolute Gasteiger partial charge is 0.225 e. The summed E-state index contributed by atoms with van der Waals surface area (Å²) in [4.78, 5) is 11.1. The van der Waals surface area contributed by atoms with Gasteiger partial charge in [0.1, 0.15) is 0 Å². The van der Waals surface area contributed by atoms with Crippen molar-refractivity contribution in [3.8, 4) is 0 Å². The fourth-order valence-corrected chi connectivity index (χ4v) is 3.56. The van der Waals surface area contributed by atoms with E-state index in [1.807, 2.05) is 18.5 Å². The second-order valence-corrected chi connectivity index (χ2v) is 6.54. The second-order valence-electron chi connectivity index (χ2n) is 6.54. The molecule has 1 saturated heterocycles. The Morgan fingerprint density at radius 3 is 2.76 bits per heavy atom. The summed E-state index contributed by atoms with van der Waals surface area (Å²) >= 11 is 0. The van der Waals surface area contributed by atoms with Gasteiger partial charge in [-0.2, -0.15) is 0 Å². The Hall–Kier alpha value is -1.20. The minimum atomic E-state index is 0.317. The average Bonchev–Trinajstić information content (AvgIpc) is 3.25. The molecule has 3 atom stereocenters. The maximum absolute atomic E-state index is 5.97. The second kappa shape index (κ2) is 5.89.